The number of amides is 2. The number of benzene rings is 2. The number of halogens is 2. The van der Waals surface area contributed by atoms with Crippen LogP contribution < -0.4 is 19.7 Å². The van der Waals surface area contributed by atoms with Crippen LogP contribution in [0.5, 0.6) is 11.5 Å². The Hall–Kier alpha value is -2.80. The smallest absolute Gasteiger partial charge is 0.251 e. The first kappa shape index (κ1) is 20.5. The van der Waals surface area contributed by atoms with E-state index >= 15 is 0 Å². The third-order valence-corrected chi connectivity index (χ3v) is 4.12. The number of carbonyl (C=O) groups excluding carboxylic acids is 2. The van der Waals surface area contributed by atoms with Crippen molar-refractivity contribution in [3.05, 3.63) is 52.8 Å². The van der Waals surface area contributed by atoms with Gasteiger partial charge < -0.3 is 19.7 Å². The molecule has 0 atom stereocenters. The summed E-state index contributed by atoms with van der Waals surface area (Å²) in [7, 11) is 2.99. The number of nitrogens with one attached hydrogen (secondary N) is 1. The molecule has 0 radical (unpaired) electrons. The van der Waals surface area contributed by atoms with E-state index in [1.165, 1.54) is 44.2 Å². The zero-order valence-corrected chi connectivity index (χ0v) is 16.0. The highest BCUT2D eigenvalue weighted by molar-refractivity contribution is 6.31. The quantitative estimate of drug-likeness (QED) is 0.782. The number of nitrogens with zero attached hydrogens (tertiary/aromatic N) is 1. The van der Waals surface area contributed by atoms with E-state index in [0.717, 1.165) is 0 Å². The monoisotopic (exact) mass is 394 g/mol. The van der Waals surface area contributed by atoms with Crippen molar-refractivity contribution in [3.8, 4) is 11.5 Å². The van der Waals surface area contributed by atoms with Crippen molar-refractivity contribution in [2.45, 2.75) is 6.92 Å². The SMILES string of the molecule is COc1cc(OC)cc(C(=O)NCCN(C(C)=O)c2ccc(F)c(Cl)c2)c1. The van der Waals surface area contributed by atoms with Gasteiger partial charge in [0, 0.05) is 37.3 Å². The molecule has 0 aliphatic carbocycles. The van der Waals surface area contributed by atoms with Crippen molar-refractivity contribution >= 4 is 29.1 Å². The molecule has 1 N–H and O–H groups in total. The van der Waals surface area contributed by atoms with E-state index < -0.39 is 5.82 Å². The van der Waals surface area contributed by atoms with Crippen LogP contribution in [0.3, 0.4) is 0 Å². The topological polar surface area (TPSA) is 67.9 Å². The van der Waals surface area contributed by atoms with E-state index in [4.69, 9.17) is 21.1 Å². The lowest BCUT2D eigenvalue weighted by Crippen LogP contribution is -2.37. The summed E-state index contributed by atoms with van der Waals surface area (Å²) >= 11 is 5.78. The minimum atomic E-state index is -0.566. The Morgan fingerprint density at radius 2 is 1.74 bits per heavy atom. The fraction of sp³-hybridized carbons (Fsp3) is 0.263. The van der Waals surface area contributed by atoms with Gasteiger partial charge in [-0.15, -0.1) is 0 Å². The second kappa shape index (κ2) is 9.23. The molecule has 0 spiro atoms. The fourth-order valence-electron chi connectivity index (χ4n) is 2.44. The lowest BCUT2D eigenvalue weighted by molar-refractivity contribution is -0.116. The van der Waals surface area contributed by atoms with E-state index in [9.17, 15) is 14.0 Å². The molecule has 0 unspecified atom stereocenters. The van der Waals surface area contributed by atoms with Gasteiger partial charge in [-0.3, -0.25) is 9.59 Å². The Balaban J connectivity index is 2.05. The zero-order chi connectivity index (χ0) is 20.0. The van der Waals surface area contributed by atoms with E-state index in [-0.39, 0.29) is 29.9 Å². The summed E-state index contributed by atoms with van der Waals surface area (Å²) in [6.07, 6.45) is 0. The fourth-order valence-corrected chi connectivity index (χ4v) is 2.62. The molecular weight excluding hydrogens is 375 g/mol. The van der Waals surface area contributed by atoms with Crippen LogP contribution in [-0.4, -0.2) is 39.1 Å². The summed E-state index contributed by atoms with van der Waals surface area (Å²) in [5.74, 6) is -0.177. The second-order valence-electron chi connectivity index (χ2n) is 5.63. The number of anilines is 1. The first-order valence-electron chi connectivity index (χ1n) is 8.10. The maximum atomic E-state index is 13.3. The predicted octanol–water partition coefficient (Wildman–Crippen LogP) is 3.28. The molecule has 0 saturated carbocycles. The Bertz CT molecular complexity index is 822. The molecule has 2 aromatic carbocycles. The van der Waals surface area contributed by atoms with E-state index in [1.54, 1.807) is 18.2 Å². The summed E-state index contributed by atoms with van der Waals surface area (Å²) in [5.41, 5.74) is 0.816. The number of methoxy groups -OCH3 is 2. The van der Waals surface area contributed by atoms with Crippen LogP contribution in [0, 0.1) is 5.82 Å². The summed E-state index contributed by atoms with van der Waals surface area (Å²) in [5, 5.41) is 2.65. The highest BCUT2D eigenvalue weighted by Crippen LogP contribution is 2.23. The molecule has 0 aliphatic rings. The van der Waals surface area contributed by atoms with Gasteiger partial charge in [0.25, 0.3) is 5.91 Å². The first-order chi connectivity index (χ1) is 12.8. The van der Waals surface area contributed by atoms with Crippen LogP contribution in [0.15, 0.2) is 36.4 Å². The largest absolute Gasteiger partial charge is 0.497 e. The van der Waals surface area contributed by atoms with Gasteiger partial charge in [0.1, 0.15) is 17.3 Å². The number of carbonyl (C=O) groups is 2. The Morgan fingerprint density at radius 1 is 1.11 bits per heavy atom. The van der Waals surface area contributed by atoms with Gasteiger partial charge in [-0.05, 0) is 30.3 Å². The third-order valence-electron chi connectivity index (χ3n) is 3.83. The minimum absolute atomic E-state index is 0.0775. The van der Waals surface area contributed by atoms with Gasteiger partial charge >= 0.3 is 0 Å². The van der Waals surface area contributed by atoms with Gasteiger partial charge in [0.15, 0.2) is 0 Å². The van der Waals surface area contributed by atoms with Gasteiger partial charge in [-0.25, -0.2) is 4.39 Å². The van der Waals surface area contributed by atoms with Crippen molar-refractivity contribution in [3.63, 3.8) is 0 Å². The number of hydrogen-bond acceptors (Lipinski definition) is 4. The van der Waals surface area contributed by atoms with Gasteiger partial charge in [0.05, 0.1) is 19.2 Å². The normalized spacial score (nSPS) is 10.3. The van der Waals surface area contributed by atoms with E-state index in [2.05, 4.69) is 5.32 Å². The molecule has 2 rings (SSSR count). The maximum Gasteiger partial charge on any atom is 0.251 e. The lowest BCUT2D eigenvalue weighted by atomic mass is 10.2. The molecule has 2 aromatic rings. The van der Waals surface area contributed by atoms with Crippen LogP contribution in [0.1, 0.15) is 17.3 Å². The van der Waals surface area contributed by atoms with Crippen LogP contribution in [0.4, 0.5) is 10.1 Å². The average Bonchev–Trinajstić information content (AvgIpc) is 2.66. The minimum Gasteiger partial charge on any atom is -0.497 e. The van der Waals surface area contributed by atoms with Crippen molar-refractivity contribution in [1.29, 1.82) is 0 Å². The van der Waals surface area contributed by atoms with Crippen LogP contribution in [0.2, 0.25) is 5.02 Å². The molecule has 6 nitrogen and oxygen atoms in total. The zero-order valence-electron chi connectivity index (χ0n) is 15.2. The molecule has 0 saturated heterocycles. The van der Waals surface area contributed by atoms with E-state index in [0.29, 0.717) is 22.7 Å². The molecule has 144 valence electrons. The van der Waals surface area contributed by atoms with Crippen LogP contribution in [-0.2, 0) is 4.79 Å². The van der Waals surface area contributed by atoms with Crippen LogP contribution in [0.25, 0.3) is 0 Å². The van der Waals surface area contributed by atoms with Gasteiger partial charge in [-0.2, -0.15) is 0 Å². The standard InChI is InChI=1S/C19H20ClFN2O4/c1-12(24)23(14-4-5-18(21)17(20)10-14)7-6-22-19(25)13-8-15(26-2)11-16(9-13)27-3/h4-5,8-11H,6-7H2,1-3H3,(H,22,25). The van der Waals surface area contributed by atoms with Gasteiger partial charge in [-0.1, -0.05) is 11.6 Å². The molecule has 2 amide bonds. The molecule has 8 heteroatoms. The predicted molar refractivity (Wildman–Crippen MR) is 101 cm³/mol. The average molecular weight is 395 g/mol. The molecule has 27 heavy (non-hydrogen) atoms. The highest BCUT2D eigenvalue weighted by Gasteiger charge is 2.15. The maximum absolute atomic E-state index is 13.3. The number of hydrogen-bond donors (Lipinski definition) is 1. The second-order valence-corrected chi connectivity index (χ2v) is 6.03. The summed E-state index contributed by atoms with van der Waals surface area (Å²) in [6, 6.07) is 8.84. The molecule has 0 heterocycles. The van der Waals surface area contributed by atoms with Crippen molar-refractivity contribution < 1.29 is 23.5 Å². The van der Waals surface area contributed by atoms with Gasteiger partial charge in [0.2, 0.25) is 5.91 Å². The van der Waals surface area contributed by atoms with Crippen molar-refractivity contribution in [2.75, 3.05) is 32.2 Å². The molecule has 0 aromatic heterocycles. The Labute approximate surface area is 161 Å². The highest BCUT2D eigenvalue weighted by atomic mass is 35.5. The molecule has 0 aliphatic heterocycles. The third kappa shape index (κ3) is 5.34. The molecule has 0 bridgehead atoms. The van der Waals surface area contributed by atoms with E-state index in [1.807, 2.05) is 0 Å². The van der Waals surface area contributed by atoms with Crippen molar-refractivity contribution in [1.82, 2.24) is 5.32 Å². The molecule has 0 fully saturated rings. The summed E-state index contributed by atoms with van der Waals surface area (Å²) in [4.78, 5) is 25.7. The number of ether oxygens (including phenoxy) is 2. The first-order valence-corrected chi connectivity index (χ1v) is 8.48. The molecular formula is C19H20ClFN2O4. The summed E-state index contributed by atoms with van der Waals surface area (Å²) in [6.45, 7) is 1.77. The Kier molecular flexibility index (Phi) is 7.01. The lowest BCUT2D eigenvalue weighted by Gasteiger charge is -2.21. The summed E-state index contributed by atoms with van der Waals surface area (Å²) < 4.78 is 23.6. The number of rotatable bonds is 7. The van der Waals surface area contributed by atoms with Crippen molar-refractivity contribution in [2.24, 2.45) is 0 Å². The van der Waals surface area contributed by atoms with Crippen LogP contribution >= 0.6 is 11.6 Å². The Morgan fingerprint density at radius 3 is 2.26 bits per heavy atom.